The molecule has 0 spiro atoms. The number of benzene rings is 2. The van der Waals surface area contributed by atoms with Crippen LogP contribution >= 0.6 is 0 Å². The fourth-order valence-electron chi connectivity index (χ4n) is 2.02. The molecule has 0 heterocycles. The van der Waals surface area contributed by atoms with E-state index in [2.05, 4.69) is 4.74 Å². The van der Waals surface area contributed by atoms with Crippen molar-refractivity contribution in [2.45, 2.75) is 13.5 Å². The number of hydrogen-bond acceptors (Lipinski definition) is 4. The summed E-state index contributed by atoms with van der Waals surface area (Å²) in [5, 5.41) is 0. The number of carbonyl (C=O) groups is 2. The number of aryl methyl sites for hydroxylation is 1. The van der Waals surface area contributed by atoms with Gasteiger partial charge in [-0.1, -0.05) is 36.4 Å². The topological polar surface area (TPSA) is 52.6 Å². The van der Waals surface area contributed by atoms with Gasteiger partial charge in [-0.3, -0.25) is 0 Å². The van der Waals surface area contributed by atoms with Crippen LogP contribution in [-0.2, 0) is 20.9 Å². The zero-order valence-electron chi connectivity index (χ0n) is 13.1. The quantitative estimate of drug-likeness (QED) is 0.626. The Balaban J connectivity index is 2.03. The first-order valence-corrected chi connectivity index (χ1v) is 7.18. The van der Waals surface area contributed by atoms with Crippen LogP contribution in [0.1, 0.15) is 27.0 Å². The molecule has 0 aromatic heterocycles. The van der Waals surface area contributed by atoms with Gasteiger partial charge in [-0.05, 0) is 41.8 Å². The predicted molar refractivity (Wildman–Crippen MR) is 87.8 cm³/mol. The van der Waals surface area contributed by atoms with Crippen molar-refractivity contribution in [3.05, 3.63) is 76.9 Å². The lowest BCUT2D eigenvalue weighted by Crippen LogP contribution is -2.05. The summed E-state index contributed by atoms with van der Waals surface area (Å²) in [5.74, 6) is -0.795. The summed E-state index contributed by atoms with van der Waals surface area (Å²) in [6.07, 6.45) is 3.00. The monoisotopic (exact) mass is 310 g/mol. The Morgan fingerprint density at radius 1 is 1.09 bits per heavy atom. The third kappa shape index (κ3) is 4.81. The highest BCUT2D eigenvalue weighted by Gasteiger charge is 2.09. The maximum absolute atomic E-state index is 12.1. The van der Waals surface area contributed by atoms with Crippen LogP contribution in [0, 0.1) is 6.92 Å². The Morgan fingerprint density at radius 3 is 2.48 bits per heavy atom. The molecule has 118 valence electrons. The van der Waals surface area contributed by atoms with E-state index in [-0.39, 0.29) is 12.6 Å². The molecule has 0 aliphatic heterocycles. The maximum atomic E-state index is 12.1. The number of rotatable bonds is 5. The van der Waals surface area contributed by atoms with Crippen LogP contribution in [0.15, 0.2) is 54.6 Å². The van der Waals surface area contributed by atoms with Crippen molar-refractivity contribution in [1.29, 1.82) is 0 Å². The first-order valence-electron chi connectivity index (χ1n) is 7.18. The lowest BCUT2D eigenvalue weighted by molar-refractivity contribution is -0.134. The minimum Gasteiger partial charge on any atom is -0.466 e. The summed E-state index contributed by atoms with van der Waals surface area (Å²) < 4.78 is 9.84. The van der Waals surface area contributed by atoms with E-state index in [1.54, 1.807) is 24.3 Å². The SMILES string of the molecule is COC(=O)/C=C/c1ccc(C(=O)OCc2ccccc2)cc1C. The highest BCUT2D eigenvalue weighted by atomic mass is 16.5. The Labute approximate surface area is 135 Å². The molecule has 2 aromatic rings. The molecule has 0 saturated carbocycles. The molecule has 4 nitrogen and oxygen atoms in total. The first kappa shape index (κ1) is 16.5. The lowest BCUT2D eigenvalue weighted by Gasteiger charge is -2.07. The Morgan fingerprint density at radius 2 is 1.83 bits per heavy atom. The fourth-order valence-corrected chi connectivity index (χ4v) is 2.02. The largest absolute Gasteiger partial charge is 0.466 e. The van der Waals surface area contributed by atoms with Crippen LogP contribution in [0.4, 0.5) is 0 Å². The minimum absolute atomic E-state index is 0.239. The summed E-state index contributed by atoms with van der Waals surface area (Å²) in [6.45, 7) is 2.10. The molecule has 0 aliphatic rings. The van der Waals surface area contributed by atoms with Gasteiger partial charge in [-0.2, -0.15) is 0 Å². The lowest BCUT2D eigenvalue weighted by atomic mass is 10.0. The van der Waals surface area contributed by atoms with Crippen LogP contribution in [-0.4, -0.2) is 19.0 Å². The Kier molecular flexibility index (Phi) is 5.69. The number of ether oxygens (including phenoxy) is 2. The van der Waals surface area contributed by atoms with Gasteiger partial charge in [0.2, 0.25) is 0 Å². The van der Waals surface area contributed by atoms with Crippen molar-refractivity contribution in [3.8, 4) is 0 Å². The van der Waals surface area contributed by atoms with Gasteiger partial charge in [-0.25, -0.2) is 9.59 Å². The number of hydrogen-bond donors (Lipinski definition) is 0. The molecular weight excluding hydrogens is 292 g/mol. The van der Waals surface area contributed by atoms with E-state index in [0.717, 1.165) is 16.7 Å². The molecule has 23 heavy (non-hydrogen) atoms. The zero-order chi connectivity index (χ0) is 16.7. The number of methoxy groups -OCH3 is 1. The molecule has 0 N–H and O–H groups in total. The van der Waals surface area contributed by atoms with Gasteiger partial charge in [0.1, 0.15) is 6.61 Å². The van der Waals surface area contributed by atoms with E-state index in [9.17, 15) is 9.59 Å². The summed E-state index contributed by atoms with van der Waals surface area (Å²) in [6, 6.07) is 14.7. The number of carbonyl (C=O) groups excluding carboxylic acids is 2. The van der Waals surface area contributed by atoms with E-state index in [1.807, 2.05) is 37.3 Å². The van der Waals surface area contributed by atoms with Gasteiger partial charge in [0.05, 0.1) is 12.7 Å². The summed E-state index contributed by atoms with van der Waals surface area (Å²) in [5.41, 5.74) is 3.14. The Bertz CT molecular complexity index is 717. The van der Waals surface area contributed by atoms with Crippen molar-refractivity contribution >= 4 is 18.0 Å². The van der Waals surface area contributed by atoms with Crippen molar-refractivity contribution in [2.75, 3.05) is 7.11 Å². The summed E-state index contributed by atoms with van der Waals surface area (Å²) >= 11 is 0. The molecule has 2 aromatic carbocycles. The average molecular weight is 310 g/mol. The molecule has 2 rings (SSSR count). The molecule has 0 bridgehead atoms. The molecule has 0 amide bonds. The predicted octanol–water partition coefficient (Wildman–Crippen LogP) is 3.54. The van der Waals surface area contributed by atoms with E-state index in [1.165, 1.54) is 13.2 Å². The molecule has 0 fully saturated rings. The normalized spacial score (nSPS) is 10.5. The molecule has 0 radical (unpaired) electrons. The maximum Gasteiger partial charge on any atom is 0.338 e. The summed E-state index contributed by atoms with van der Waals surface area (Å²) in [4.78, 5) is 23.2. The highest BCUT2D eigenvalue weighted by molar-refractivity contribution is 5.91. The molecule has 4 heteroatoms. The average Bonchev–Trinajstić information content (AvgIpc) is 2.59. The second-order valence-corrected chi connectivity index (χ2v) is 4.99. The van der Waals surface area contributed by atoms with Crippen LogP contribution < -0.4 is 0 Å². The molecular formula is C19H18O4. The second-order valence-electron chi connectivity index (χ2n) is 4.99. The van der Waals surface area contributed by atoms with Gasteiger partial charge in [0, 0.05) is 6.08 Å². The van der Waals surface area contributed by atoms with Gasteiger partial charge in [0.15, 0.2) is 0 Å². The molecule has 0 saturated heterocycles. The van der Waals surface area contributed by atoms with Crippen LogP contribution in [0.5, 0.6) is 0 Å². The highest BCUT2D eigenvalue weighted by Crippen LogP contribution is 2.14. The van der Waals surface area contributed by atoms with Crippen LogP contribution in [0.2, 0.25) is 0 Å². The van der Waals surface area contributed by atoms with Crippen molar-refractivity contribution in [1.82, 2.24) is 0 Å². The van der Waals surface area contributed by atoms with Crippen LogP contribution in [0.3, 0.4) is 0 Å². The third-order valence-electron chi connectivity index (χ3n) is 3.32. The van der Waals surface area contributed by atoms with E-state index >= 15 is 0 Å². The summed E-state index contributed by atoms with van der Waals surface area (Å²) in [7, 11) is 1.32. The second kappa shape index (κ2) is 7.94. The van der Waals surface area contributed by atoms with Gasteiger partial charge >= 0.3 is 11.9 Å². The first-order chi connectivity index (χ1) is 11.1. The molecule has 0 aliphatic carbocycles. The van der Waals surface area contributed by atoms with Crippen molar-refractivity contribution in [2.24, 2.45) is 0 Å². The smallest absolute Gasteiger partial charge is 0.338 e. The standard InChI is InChI=1S/C19H18O4/c1-14-12-17(9-8-16(14)10-11-18(20)22-2)19(21)23-13-15-6-4-3-5-7-15/h3-12H,13H2,1-2H3/b11-10+. The fraction of sp³-hybridized carbons (Fsp3) is 0.158. The van der Waals surface area contributed by atoms with Crippen LogP contribution in [0.25, 0.3) is 6.08 Å². The molecule has 0 atom stereocenters. The molecule has 0 unspecified atom stereocenters. The van der Waals surface area contributed by atoms with Crippen molar-refractivity contribution < 1.29 is 19.1 Å². The van der Waals surface area contributed by atoms with Gasteiger partial charge in [-0.15, -0.1) is 0 Å². The minimum atomic E-state index is -0.421. The van der Waals surface area contributed by atoms with Crippen molar-refractivity contribution in [3.63, 3.8) is 0 Å². The number of esters is 2. The van der Waals surface area contributed by atoms with Gasteiger partial charge < -0.3 is 9.47 Å². The third-order valence-corrected chi connectivity index (χ3v) is 3.32. The van der Waals surface area contributed by atoms with Gasteiger partial charge in [0.25, 0.3) is 0 Å². The Hall–Kier alpha value is -2.88. The van der Waals surface area contributed by atoms with E-state index in [4.69, 9.17) is 4.74 Å². The van der Waals surface area contributed by atoms with E-state index in [0.29, 0.717) is 5.56 Å². The van der Waals surface area contributed by atoms with E-state index < -0.39 is 5.97 Å². The zero-order valence-corrected chi connectivity index (χ0v) is 13.1.